The highest BCUT2D eigenvalue weighted by atomic mass is 16.5. The molecule has 0 atom stereocenters. The van der Waals surface area contributed by atoms with Crippen LogP contribution in [0, 0.1) is 0 Å². The number of aromatic nitrogens is 1. The van der Waals surface area contributed by atoms with Crippen molar-refractivity contribution in [2.24, 2.45) is 4.99 Å². The Bertz CT molecular complexity index is 597. The van der Waals surface area contributed by atoms with E-state index in [1.54, 1.807) is 0 Å². The van der Waals surface area contributed by atoms with E-state index in [0.717, 1.165) is 69.3 Å². The minimum atomic E-state index is 0.457. The van der Waals surface area contributed by atoms with E-state index in [4.69, 9.17) is 9.52 Å². The number of aliphatic imine (C=N–C) groups is 1. The standard InChI is InChI=1S/C21H37N5O/c1-6-17(7-2)20-13-19(27-25-20)14-23-21(22-8-3)24-18-9-11-26(12-10-18)15-16(4)5/h13,17-18H,4,6-12,14-15H2,1-3,5H3,(H2,22,23,24). The van der Waals surface area contributed by atoms with Gasteiger partial charge in [0.2, 0.25) is 0 Å². The largest absolute Gasteiger partial charge is 0.359 e. The van der Waals surface area contributed by atoms with Crippen molar-refractivity contribution in [2.45, 2.75) is 71.9 Å². The molecule has 0 aliphatic carbocycles. The van der Waals surface area contributed by atoms with Gasteiger partial charge in [-0.05, 0) is 39.5 Å². The van der Waals surface area contributed by atoms with Crippen LogP contribution in [0.5, 0.6) is 0 Å². The van der Waals surface area contributed by atoms with Crippen LogP contribution in [-0.2, 0) is 6.54 Å². The molecule has 1 aromatic rings. The SMILES string of the molecule is C=C(C)CN1CCC(NC(=NCc2cc(C(CC)CC)no2)NCC)CC1. The number of hydrogen-bond acceptors (Lipinski definition) is 4. The quantitative estimate of drug-likeness (QED) is 0.392. The molecule has 1 aliphatic heterocycles. The van der Waals surface area contributed by atoms with E-state index in [1.807, 2.05) is 0 Å². The van der Waals surface area contributed by atoms with Crippen molar-refractivity contribution in [1.29, 1.82) is 0 Å². The van der Waals surface area contributed by atoms with Gasteiger partial charge in [0, 0.05) is 44.2 Å². The molecule has 0 spiro atoms. The molecule has 0 aromatic carbocycles. The van der Waals surface area contributed by atoms with Gasteiger partial charge in [-0.15, -0.1) is 0 Å². The third-order valence-corrected chi connectivity index (χ3v) is 5.14. The van der Waals surface area contributed by atoms with Gasteiger partial charge >= 0.3 is 0 Å². The van der Waals surface area contributed by atoms with E-state index in [2.05, 4.69) is 61.0 Å². The Balaban J connectivity index is 1.88. The van der Waals surface area contributed by atoms with Crippen molar-refractivity contribution in [3.8, 4) is 0 Å². The summed E-state index contributed by atoms with van der Waals surface area (Å²) in [5.74, 6) is 2.16. The minimum Gasteiger partial charge on any atom is -0.359 e. The number of likely N-dealkylation sites (tertiary alicyclic amines) is 1. The van der Waals surface area contributed by atoms with Crippen molar-refractivity contribution in [2.75, 3.05) is 26.2 Å². The van der Waals surface area contributed by atoms with Crippen LogP contribution in [0.25, 0.3) is 0 Å². The van der Waals surface area contributed by atoms with Crippen LogP contribution < -0.4 is 10.6 Å². The van der Waals surface area contributed by atoms with Crippen molar-refractivity contribution in [3.05, 3.63) is 29.7 Å². The molecule has 1 aromatic heterocycles. The van der Waals surface area contributed by atoms with Crippen molar-refractivity contribution < 1.29 is 4.52 Å². The summed E-state index contributed by atoms with van der Waals surface area (Å²) in [6.07, 6.45) is 4.41. The number of nitrogens with zero attached hydrogens (tertiary/aromatic N) is 3. The highest BCUT2D eigenvalue weighted by Gasteiger charge is 2.20. The Morgan fingerprint density at radius 2 is 2.04 bits per heavy atom. The molecule has 2 rings (SSSR count). The first-order valence-electron chi connectivity index (χ1n) is 10.4. The molecule has 0 radical (unpaired) electrons. The summed E-state index contributed by atoms with van der Waals surface area (Å²) in [5.41, 5.74) is 2.28. The summed E-state index contributed by atoms with van der Waals surface area (Å²) in [5, 5.41) is 11.2. The maximum absolute atomic E-state index is 5.49. The predicted molar refractivity (Wildman–Crippen MR) is 112 cm³/mol. The van der Waals surface area contributed by atoms with Crippen LogP contribution in [-0.4, -0.2) is 48.2 Å². The predicted octanol–water partition coefficient (Wildman–Crippen LogP) is 3.67. The van der Waals surface area contributed by atoms with Gasteiger partial charge in [0.25, 0.3) is 0 Å². The van der Waals surface area contributed by atoms with Crippen molar-refractivity contribution in [1.82, 2.24) is 20.7 Å². The number of hydrogen-bond donors (Lipinski definition) is 2. The third kappa shape index (κ3) is 7.01. The normalized spacial score (nSPS) is 16.7. The molecule has 0 bridgehead atoms. The summed E-state index contributed by atoms with van der Waals surface area (Å²) in [7, 11) is 0. The van der Waals surface area contributed by atoms with Gasteiger partial charge in [-0.25, -0.2) is 4.99 Å². The average Bonchev–Trinajstić information content (AvgIpc) is 3.11. The number of rotatable bonds is 9. The molecule has 0 unspecified atom stereocenters. The zero-order valence-electron chi connectivity index (χ0n) is 17.6. The lowest BCUT2D eigenvalue weighted by Gasteiger charge is -2.33. The summed E-state index contributed by atoms with van der Waals surface area (Å²) in [6, 6.07) is 2.51. The second-order valence-electron chi connectivity index (χ2n) is 7.58. The van der Waals surface area contributed by atoms with E-state index in [9.17, 15) is 0 Å². The zero-order chi connectivity index (χ0) is 19.6. The Hall–Kier alpha value is -1.82. The van der Waals surface area contributed by atoms with Gasteiger partial charge in [0.1, 0.15) is 6.54 Å². The van der Waals surface area contributed by atoms with Gasteiger partial charge in [0.05, 0.1) is 5.69 Å². The first-order chi connectivity index (χ1) is 13.0. The summed E-state index contributed by atoms with van der Waals surface area (Å²) < 4.78 is 5.49. The van der Waals surface area contributed by atoms with E-state index in [-0.39, 0.29) is 0 Å². The smallest absolute Gasteiger partial charge is 0.191 e. The molecular formula is C21H37N5O. The number of nitrogens with one attached hydrogen (secondary N) is 2. The molecule has 6 heteroatoms. The first kappa shape index (κ1) is 21.5. The summed E-state index contributed by atoms with van der Waals surface area (Å²) in [4.78, 5) is 7.17. The minimum absolute atomic E-state index is 0.457. The lowest BCUT2D eigenvalue weighted by molar-refractivity contribution is 0.221. The fourth-order valence-corrected chi connectivity index (χ4v) is 3.59. The van der Waals surface area contributed by atoms with E-state index in [0.29, 0.717) is 18.5 Å². The molecule has 6 nitrogen and oxygen atoms in total. The van der Waals surface area contributed by atoms with E-state index in [1.165, 1.54) is 5.57 Å². The van der Waals surface area contributed by atoms with Gasteiger partial charge in [0.15, 0.2) is 11.7 Å². The Morgan fingerprint density at radius 3 is 2.63 bits per heavy atom. The molecule has 1 saturated heterocycles. The monoisotopic (exact) mass is 375 g/mol. The molecule has 152 valence electrons. The average molecular weight is 376 g/mol. The van der Waals surface area contributed by atoms with Crippen molar-refractivity contribution >= 4 is 5.96 Å². The number of guanidine groups is 1. The summed E-state index contributed by atoms with van der Waals surface area (Å²) in [6.45, 7) is 17.1. The molecule has 1 aliphatic rings. The van der Waals surface area contributed by atoms with Crippen LogP contribution in [0.4, 0.5) is 0 Å². The topological polar surface area (TPSA) is 65.7 Å². The van der Waals surface area contributed by atoms with Gasteiger partial charge < -0.3 is 15.2 Å². The van der Waals surface area contributed by atoms with Crippen LogP contribution in [0.1, 0.15) is 70.8 Å². The molecule has 0 saturated carbocycles. The second-order valence-corrected chi connectivity index (χ2v) is 7.58. The molecule has 1 fully saturated rings. The van der Waals surface area contributed by atoms with Crippen LogP contribution in [0.15, 0.2) is 27.7 Å². The maximum Gasteiger partial charge on any atom is 0.191 e. The lowest BCUT2D eigenvalue weighted by atomic mass is 9.99. The second kappa shape index (κ2) is 11.1. The molecular weight excluding hydrogens is 338 g/mol. The maximum atomic E-state index is 5.49. The third-order valence-electron chi connectivity index (χ3n) is 5.14. The van der Waals surface area contributed by atoms with Crippen molar-refractivity contribution in [3.63, 3.8) is 0 Å². The Kier molecular flexibility index (Phi) is 8.85. The fraction of sp³-hybridized carbons (Fsp3) is 0.714. The number of piperidine rings is 1. The van der Waals surface area contributed by atoms with Crippen LogP contribution in [0.3, 0.4) is 0 Å². The van der Waals surface area contributed by atoms with Gasteiger partial charge in [-0.2, -0.15) is 0 Å². The fourth-order valence-electron chi connectivity index (χ4n) is 3.59. The van der Waals surface area contributed by atoms with Crippen LogP contribution in [0.2, 0.25) is 0 Å². The lowest BCUT2D eigenvalue weighted by Crippen LogP contribution is -2.48. The Labute approximate surface area is 164 Å². The summed E-state index contributed by atoms with van der Waals surface area (Å²) >= 11 is 0. The highest BCUT2D eigenvalue weighted by molar-refractivity contribution is 5.80. The van der Waals surface area contributed by atoms with Gasteiger partial charge in [-0.1, -0.05) is 31.2 Å². The van der Waals surface area contributed by atoms with Gasteiger partial charge in [-0.3, -0.25) is 4.90 Å². The molecule has 0 amide bonds. The Morgan fingerprint density at radius 1 is 1.33 bits per heavy atom. The molecule has 2 heterocycles. The zero-order valence-corrected chi connectivity index (χ0v) is 17.6. The first-order valence-corrected chi connectivity index (χ1v) is 10.4. The molecule has 27 heavy (non-hydrogen) atoms. The molecule has 2 N–H and O–H groups in total. The van der Waals surface area contributed by atoms with E-state index < -0.39 is 0 Å². The van der Waals surface area contributed by atoms with Crippen LogP contribution >= 0.6 is 0 Å². The van der Waals surface area contributed by atoms with E-state index >= 15 is 0 Å². The highest BCUT2D eigenvalue weighted by Crippen LogP contribution is 2.22.